The van der Waals surface area contributed by atoms with Gasteiger partial charge < -0.3 is 15.4 Å². The number of carbonyl (C=O) groups excluding carboxylic acids is 1. The van der Waals surface area contributed by atoms with E-state index in [0.717, 1.165) is 30.0 Å². The predicted octanol–water partition coefficient (Wildman–Crippen LogP) is 1.79. The zero-order valence-corrected chi connectivity index (χ0v) is 11.6. The average Bonchev–Trinajstić information content (AvgIpc) is 2.36. The van der Waals surface area contributed by atoms with Crippen LogP contribution in [0.3, 0.4) is 0 Å². The summed E-state index contributed by atoms with van der Waals surface area (Å²) in [6.45, 7) is 5.48. The van der Waals surface area contributed by atoms with Gasteiger partial charge in [0.05, 0.1) is 13.2 Å². The predicted molar refractivity (Wildman–Crippen MR) is 75.1 cm³/mol. The first-order valence-electron chi connectivity index (χ1n) is 6.46. The Morgan fingerprint density at radius 1 is 1.37 bits per heavy atom. The molecule has 19 heavy (non-hydrogen) atoms. The second kappa shape index (κ2) is 5.89. The van der Waals surface area contributed by atoms with Crippen molar-refractivity contribution >= 4 is 5.91 Å². The van der Waals surface area contributed by atoms with Crippen LogP contribution in [0.1, 0.15) is 25.5 Å². The van der Waals surface area contributed by atoms with E-state index in [1.165, 1.54) is 5.57 Å². The molecule has 0 aromatic heterocycles. The normalized spacial score (nSPS) is 15.4. The van der Waals surface area contributed by atoms with Crippen LogP contribution in [0.4, 0.5) is 0 Å². The third-order valence-corrected chi connectivity index (χ3v) is 3.50. The highest BCUT2D eigenvalue weighted by atomic mass is 16.5. The molecule has 0 spiro atoms. The number of ether oxygens (including phenoxy) is 1. The monoisotopic (exact) mass is 260 g/mol. The number of nitrogens with one attached hydrogen (secondary N) is 2. The molecule has 1 fully saturated rings. The SMILES string of the molecule is COc1ccccc1C(C)NC(=O)C(C)=C1CNC1. The maximum absolute atomic E-state index is 12.1. The Labute approximate surface area is 113 Å². The molecule has 0 aliphatic carbocycles. The molecule has 1 heterocycles. The highest BCUT2D eigenvalue weighted by Gasteiger charge is 2.19. The molecule has 0 bridgehead atoms. The Hall–Kier alpha value is -1.81. The molecule has 1 saturated heterocycles. The van der Waals surface area contributed by atoms with E-state index in [-0.39, 0.29) is 11.9 Å². The van der Waals surface area contributed by atoms with E-state index in [1.54, 1.807) is 7.11 Å². The third kappa shape index (κ3) is 2.96. The molecule has 1 aliphatic rings. The molecule has 0 saturated carbocycles. The lowest BCUT2D eigenvalue weighted by Gasteiger charge is -2.23. The van der Waals surface area contributed by atoms with Gasteiger partial charge in [0.1, 0.15) is 5.75 Å². The molecule has 1 aromatic carbocycles. The molecule has 1 aliphatic heterocycles. The highest BCUT2D eigenvalue weighted by Crippen LogP contribution is 2.24. The Bertz CT molecular complexity index is 503. The van der Waals surface area contributed by atoms with Crippen molar-refractivity contribution in [2.45, 2.75) is 19.9 Å². The zero-order chi connectivity index (χ0) is 13.8. The van der Waals surface area contributed by atoms with Crippen molar-refractivity contribution < 1.29 is 9.53 Å². The fourth-order valence-corrected chi connectivity index (χ4v) is 2.08. The van der Waals surface area contributed by atoms with Crippen LogP contribution < -0.4 is 15.4 Å². The minimum Gasteiger partial charge on any atom is -0.496 e. The summed E-state index contributed by atoms with van der Waals surface area (Å²) in [5, 5.41) is 6.16. The summed E-state index contributed by atoms with van der Waals surface area (Å²) in [6.07, 6.45) is 0. The van der Waals surface area contributed by atoms with Gasteiger partial charge in [-0.2, -0.15) is 0 Å². The second-order valence-electron chi connectivity index (χ2n) is 4.77. The lowest BCUT2D eigenvalue weighted by atomic mass is 10.0. The van der Waals surface area contributed by atoms with Gasteiger partial charge in [0.25, 0.3) is 0 Å². The van der Waals surface area contributed by atoms with Crippen LogP contribution in [-0.4, -0.2) is 26.1 Å². The molecule has 0 radical (unpaired) electrons. The number of hydrogen-bond donors (Lipinski definition) is 2. The molecule has 1 aromatic rings. The van der Waals surface area contributed by atoms with Gasteiger partial charge in [0.2, 0.25) is 5.91 Å². The summed E-state index contributed by atoms with van der Waals surface area (Å²) in [7, 11) is 1.64. The molecular weight excluding hydrogens is 240 g/mol. The van der Waals surface area contributed by atoms with Gasteiger partial charge in [0.15, 0.2) is 0 Å². The molecule has 1 atom stereocenters. The van der Waals surface area contributed by atoms with Gasteiger partial charge in [-0.25, -0.2) is 0 Å². The van der Waals surface area contributed by atoms with E-state index < -0.39 is 0 Å². The Morgan fingerprint density at radius 3 is 2.63 bits per heavy atom. The van der Waals surface area contributed by atoms with Gasteiger partial charge in [0, 0.05) is 24.2 Å². The molecular formula is C15H20N2O2. The summed E-state index contributed by atoms with van der Waals surface area (Å²) in [5.74, 6) is 0.792. The van der Waals surface area contributed by atoms with Crippen LogP contribution in [0.2, 0.25) is 0 Å². The van der Waals surface area contributed by atoms with Crippen LogP contribution in [0.25, 0.3) is 0 Å². The van der Waals surface area contributed by atoms with Crippen molar-refractivity contribution in [3.63, 3.8) is 0 Å². The topological polar surface area (TPSA) is 50.4 Å². The maximum Gasteiger partial charge on any atom is 0.247 e. The summed E-state index contributed by atoms with van der Waals surface area (Å²) >= 11 is 0. The third-order valence-electron chi connectivity index (χ3n) is 3.50. The number of benzene rings is 1. The Kier molecular flexibility index (Phi) is 4.22. The van der Waals surface area contributed by atoms with Crippen LogP contribution >= 0.6 is 0 Å². The van der Waals surface area contributed by atoms with Gasteiger partial charge >= 0.3 is 0 Å². The van der Waals surface area contributed by atoms with Crippen molar-refractivity contribution in [1.29, 1.82) is 0 Å². The fraction of sp³-hybridized carbons (Fsp3) is 0.400. The summed E-state index contributed by atoms with van der Waals surface area (Å²) in [4.78, 5) is 12.1. The van der Waals surface area contributed by atoms with Crippen LogP contribution in [0.5, 0.6) is 5.75 Å². The lowest BCUT2D eigenvalue weighted by Crippen LogP contribution is -2.38. The smallest absolute Gasteiger partial charge is 0.247 e. The quantitative estimate of drug-likeness (QED) is 0.812. The number of rotatable bonds is 4. The Balaban J connectivity index is 2.08. The summed E-state index contributed by atoms with van der Waals surface area (Å²) in [5.41, 5.74) is 2.99. The van der Waals surface area contributed by atoms with Crippen molar-refractivity contribution in [2.24, 2.45) is 0 Å². The molecule has 2 rings (SSSR count). The second-order valence-corrected chi connectivity index (χ2v) is 4.77. The van der Waals surface area contributed by atoms with E-state index in [9.17, 15) is 4.79 Å². The largest absolute Gasteiger partial charge is 0.496 e. The standard InChI is InChI=1S/C15H20N2O2/c1-10(12-8-16-9-12)15(18)17-11(2)13-6-4-5-7-14(13)19-3/h4-7,11,16H,8-9H2,1-3H3,(H,17,18). The van der Waals surface area contributed by atoms with E-state index >= 15 is 0 Å². The van der Waals surface area contributed by atoms with E-state index in [2.05, 4.69) is 10.6 Å². The van der Waals surface area contributed by atoms with E-state index in [0.29, 0.717) is 0 Å². The summed E-state index contributed by atoms with van der Waals surface area (Å²) < 4.78 is 5.31. The molecule has 1 unspecified atom stereocenters. The molecule has 102 valence electrons. The van der Waals surface area contributed by atoms with E-state index in [1.807, 2.05) is 38.1 Å². The fourth-order valence-electron chi connectivity index (χ4n) is 2.08. The van der Waals surface area contributed by atoms with Crippen molar-refractivity contribution in [1.82, 2.24) is 10.6 Å². The summed E-state index contributed by atoms with van der Waals surface area (Å²) in [6, 6.07) is 7.66. The van der Waals surface area contributed by atoms with E-state index in [4.69, 9.17) is 4.74 Å². The van der Waals surface area contributed by atoms with Gasteiger partial charge in [-0.1, -0.05) is 18.2 Å². The number of para-hydroxylation sites is 1. The Morgan fingerprint density at radius 2 is 2.05 bits per heavy atom. The number of amides is 1. The minimum absolute atomic E-state index is 0.00472. The first-order valence-corrected chi connectivity index (χ1v) is 6.46. The molecule has 4 nitrogen and oxygen atoms in total. The molecule has 4 heteroatoms. The van der Waals surface area contributed by atoms with Crippen molar-refractivity contribution in [2.75, 3.05) is 20.2 Å². The lowest BCUT2D eigenvalue weighted by molar-refractivity contribution is -0.118. The zero-order valence-electron chi connectivity index (χ0n) is 11.6. The highest BCUT2D eigenvalue weighted by molar-refractivity contribution is 5.94. The minimum atomic E-state index is -0.0766. The van der Waals surface area contributed by atoms with Crippen LogP contribution in [-0.2, 0) is 4.79 Å². The number of methoxy groups -OCH3 is 1. The van der Waals surface area contributed by atoms with Gasteiger partial charge in [-0.05, 0) is 25.5 Å². The maximum atomic E-state index is 12.1. The first kappa shape index (κ1) is 13.6. The number of hydrogen-bond acceptors (Lipinski definition) is 3. The average molecular weight is 260 g/mol. The number of carbonyl (C=O) groups is 1. The van der Waals surface area contributed by atoms with Gasteiger partial charge in [-0.3, -0.25) is 4.79 Å². The molecule has 1 amide bonds. The van der Waals surface area contributed by atoms with Crippen molar-refractivity contribution in [3.05, 3.63) is 41.0 Å². The van der Waals surface area contributed by atoms with Crippen LogP contribution in [0.15, 0.2) is 35.4 Å². The first-order chi connectivity index (χ1) is 9.13. The molecule has 2 N–H and O–H groups in total. The van der Waals surface area contributed by atoms with Crippen LogP contribution in [0, 0.1) is 0 Å². The van der Waals surface area contributed by atoms with Crippen molar-refractivity contribution in [3.8, 4) is 5.75 Å². The van der Waals surface area contributed by atoms with Gasteiger partial charge in [-0.15, -0.1) is 0 Å².